The summed E-state index contributed by atoms with van der Waals surface area (Å²) in [7, 11) is 0. The van der Waals surface area contributed by atoms with E-state index in [9.17, 15) is 9.59 Å². The quantitative estimate of drug-likeness (QED) is 0.914. The van der Waals surface area contributed by atoms with Gasteiger partial charge in [-0.25, -0.2) is 0 Å². The van der Waals surface area contributed by atoms with Crippen LogP contribution < -0.4 is 5.32 Å². The predicted molar refractivity (Wildman–Crippen MR) is 99.9 cm³/mol. The van der Waals surface area contributed by atoms with Gasteiger partial charge in [-0.1, -0.05) is 42.5 Å². The van der Waals surface area contributed by atoms with Crippen LogP contribution >= 0.6 is 0 Å². The average molecular weight is 334 g/mol. The van der Waals surface area contributed by atoms with E-state index in [0.29, 0.717) is 0 Å². The summed E-state index contributed by atoms with van der Waals surface area (Å²) < 4.78 is 0. The van der Waals surface area contributed by atoms with Crippen LogP contribution in [-0.4, -0.2) is 16.7 Å². The first-order chi connectivity index (χ1) is 12.0. The number of para-hydroxylation sites is 1. The number of fused-ring (bicyclic) bond motifs is 1. The van der Waals surface area contributed by atoms with Gasteiger partial charge in [-0.3, -0.25) is 9.59 Å². The molecule has 25 heavy (non-hydrogen) atoms. The first-order valence-corrected chi connectivity index (χ1v) is 8.39. The minimum absolute atomic E-state index is 0.0735. The molecule has 1 unspecified atom stereocenters. The number of carbonyl (C=O) groups excluding carboxylic acids is 2. The lowest BCUT2D eigenvalue weighted by Crippen LogP contribution is -2.33. The molecule has 3 rings (SSSR count). The SMILES string of the molecule is CC(=O)N1C=Cc2ccccc2C1CC(=O)Nc1c(C)cccc1C. The van der Waals surface area contributed by atoms with Crippen molar-refractivity contribution < 1.29 is 9.59 Å². The highest BCUT2D eigenvalue weighted by molar-refractivity contribution is 5.93. The first kappa shape index (κ1) is 17.0. The van der Waals surface area contributed by atoms with Gasteiger partial charge in [0.1, 0.15) is 0 Å². The predicted octanol–water partition coefficient (Wildman–Crippen LogP) is 4.21. The monoisotopic (exact) mass is 334 g/mol. The molecule has 0 fully saturated rings. The van der Waals surface area contributed by atoms with Gasteiger partial charge in [-0.2, -0.15) is 0 Å². The molecule has 0 saturated heterocycles. The zero-order chi connectivity index (χ0) is 18.0. The summed E-state index contributed by atoms with van der Waals surface area (Å²) in [4.78, 5) is 26.3. The number of anilines is 1. The number of nitrogens with zero attached hydrogens (tertiary/aromatic N) is 1. The Labute approximate surface area is 148 Å². The van der Waals surface area contributed by atoms with E-state index in [-0.39, 0.29) is 24.3 Å². The van der Waals surface area contributed by atoms with Crippen molar-refractivity contribution in [3.05, 3.63) is 70.9 Å². The van der Waals surface area contributed by atoms with Crippen LogP contribution in [0.25, 0.3) is 6.08 Å². The molecule has 4 heteroatoms. The number of benzene rings is 2. The molecule has 0 aliphatic carbocycles. The summed E-state index contributed by atoms with van der Waals surface area (Å²) in [6.07, 6.45) is 3.90. The average Bonchev–Trinajstić information content (AvgIpc) is 2.58. The summed E-state index contributed by atoms with van der Waals surface area (Å²) >= 11 is 0. The van der Waals surface area contributed by atoms with Gasteiger partial charge in [0, 0.05) is 18.8 Å². The third kappa shape index (κ3) is 3.48. The lowest BCUT2D eigenvalue weighted by Gasteiger charge is -2.32. The molecule has 2 aromatic carbocycles. The third-order valence-corrected chi connectivity index (χ3v) is 4.59. The molecular weight excluding hydrogens is 312 g/mol. The number of aryl methyl sites for hydroxylation is 2. The van der Waals surface area contributed by atoms with Gasteiger partial charge in [0.2, 0.25) is 11.8 Å². The third-order valence-electron chi connectivity index (χ3n) is 4.59. The molecule has 2 aromatic rings. The van der Waals surface area contributed by atoms with Crippen molar-refractivity contribution in [1.29, 1.82) is 0 Å². The molecule has 1 aliphatic heterocycles. The van der Waals surface area contributed by atoms with Crippen LogP contribution in [-0.2, 0) is 9.59 Å². The van der Waals surface area contributed by atoms with Crippen molar-refractivity contribution in [2.75, 3.05) is 5.32 Å². The van der Waals surface area contributed by atoms with E-state index in [1.165, 1.54) is 6.92 Å². The van der Waals surface area contributed by atoms with Crippen LogP contribution in [0.5, 0.6) is 0 Å². The normalized spacial score (nSPS) is 15.6. The minimum atomic E-state index is -0.289. The van der Waals surface area contributed by atoms with Crippen molar-refractivity contribution in [3.8, 4) is 0 Å². The number of rotatable bonds is 3. The van der Waals surface area contributed by atoms with Crippen LogP contribution in [0.2, 0.25) is 0 Å². The second kappa shape index (κ2) is 6.93. The summed E-state index contributed by atoms with van der Waals surface area (Å²) in [5.41, 5.74) is 4.95. The van der Waals surface area contributed by atoms with Gasteiger partial charge in [0.25, 0.3) is 0 Å². The van der Waals surface area contributed by atoms with Crippen molar-refractivity contribution in [2.24, 2.45) is 0 Å². The Morgan fingerprint density at radius 1 is 1.04 bits per heavy atom. The van der Waals surface area contributed by atoms with Crippen LogP contribution in [0.4, 0.5) is 5.69 Å². The molecule has 0 bridgehead atoms. The van der Waals surface area contributed by atoms with E-state index in [2.05, 4.69) is 5.32 Å². The van der Waals surface area contributed by atoms with E-state index >= 15 is 0 Å². The lowest BCUT2D eigenvalue weighted by molar-refractivity contribution is -0.129. The molecule has 2 amide bonds. The highest BCUT2D eigenvalue weighted by Gasteiger charge is 2.28. The fourth-order valence-corrected chi connectivity index (χ4v) is 3.29. The number of nitrogens with one attached hydrogen (secondary N) is 1. The molecule has 128 valence electrons. The fourth-order valence-electron chi connectivity index (χ4n) is 3.29. The van der Waals surface area contributed by atoms with E-state index in [1.807, 2.05) is 62.4 Å². The van der Waals surface area contributed by atoms with Gasteiger partial charge in [-0.05, 0) is 42.2 Å². The zero-order valence-corrected chi connectivity index (χ0v) is 14.7. The highest BCUT2D eigenvalue weighted by atomic mass is 16.2. The zero-order valence-electron chi connectivity index (χ0n) is 14.7. The molecule has 0 spiro atoms. The van der Waals surface area contributed by atoms with Crippen LogP contribution in [0, 0.1) is 13.8 Å². The van der Waals surface area contributed by atoms with Crippen molar-refractivity contribution in [3.63, 3.8) is 0 Å². The minimum Gasteiger partial charge on any atom is -0.326 e. The maximum atomic E-state index is 12.7. The van der Waals surface area contributed by atoms with Gasteiger partial charge < -0.3 is 10.2 Å². The molecule has 1 heterocycles. The summed E-state index contributed by atoms with van der Waals surface area (Å²) in [6.45, 7) is 5.47. The second-order valence-electron chi connectivity index (χ2n) is 6.41. The van der Waals surface area contributed by atoms with Crippen LogP contribution in [0.15, 0.2) is 48.7 Å². The molecule has 1 atom stereocenters. The van der Waals surface area contributed by atoms with Gasteiger partial charge >= 0.3 is 0 Å². The molecule has 0 aromatic heterocycles. The Bertz CT molecular complexity index is 834. The Hall–Kier alpha value is -2.88. The topological polar surface area (TPSA) is 49.4 Å². The molecule has 0 saturated carbocycles. The number of amides is 2. The molecule has 4 nitrogen and oxygen atoms in total. The summed E-state index contributed by atoms with van der Waals surface area (Å²) in [5.74, 6) is -0.172. The van der Waals surface area contributed by atoms with Crippen molar-refractivity contribution in [2.45, 2.75) is 33.2 Å². The van der Waals surface area contributed by atoms with Gasteiger partial charge in [-0.15, -0.1) is 0 Å². The molecule has 1 N–H and O–H groups in total. The summed E-state index contributed by atoms with van der Waals surface area (Å²) in [5, 5.41) is 3.02. The Morgan fingerprint density at radius 3 is 2.40 bits per heavy atom. The number of hydrogen-bond donors (Lipinski definition) is 1. The second-order valence-corrected chi connectivity index (χ2v) is 6.41. The Kier molecular flexibility index (Phi) is 4.70. The van der Waals surface area contributed by atoms with Crippen molar-refractivity contribution >= 4 is 23.6 Å². The van der Waals surface area contributed by atoms with E-state index < -0.39 is 0 Å². The molecule has 0 radical (unpaired) electrons. The Morgan fingerprint density at radius 2 is 1.72 bits per heavy atom. The maximum Gasteiger partial charge on any atom is 0.226 e. The van der Waals surface area contributed by atoms with Crippen LogP contribution in [0.3, 0.4) is 0 Å². The number of carbonyl (C=O) groups is 2. The number of hydrogen-bond acceptors (Lipinski definition) is 2. The van der Waals surface area contributed by atoms with E-state index in [1.54, 1.807) is 11.1 Å². The highest BCUT2D eigenvalue weighted by Crippen LogP contribution is 2.33. The fraction of sp³-hybridized carbons (Fsp3) is 0.238. The maximum absolute atomic E-state index is 12.7. The summed E-state index contributed by atoms with van der Waals surface area (Å²) in [6, 6.07) is 13.5. The smallest absolute Gasteiger partial charge is 0.226 e. The standard InChI is InChI=1S/C21H22N2O2/c1-14-7-6-8-15(2)21(14)22-20(25)13-19-18-10-5-4-9-17(18)11-12-23(19)16(3)24/h4-12,19H,13H2,1-3H3,(H,22,25). The Balaban J connectivity index is 1.85. The van der Waals surface area contributed by atoms with E-state index in [4.69, 9.17) is 0 Å². The lowest BCUT2D eigenvalue weighted by atomic mass is 9.93. The first-order valence-electron chi connectivity index (χ1n) is 8.39. The van der Waals surface area contributed by atoms with Crippen molar-refractivity contribution in [1.82, 2.24) is 4.90 Å². The van der Waals surface area contributed by atoms with E-state index in [0.717, 1.165) is 27.9 Å². The van der Waals surface area contributed by atoms with Gasteiger partial charge in [0.05, 0.1) is 12.5 Å². The molecular formula is C21H22N2O2. The van der Waals surface area contributed by atoms with Crippen LogP contribution in [0.1, 0.15) is 41.6 Å². The molecule has 1 aliphatic rings. The largest absolute Gasteiger partial charge is 0.326 e. The van der Waals surface area contributed by atoms with Gasteiger partial charge in [0.15, 0.2) is 0 Å².